The van der Waals surface area contributed by atoms with E-state index in [1.165, 1.54) is 18.2 Å². The van der Waals surface area contributed by atoms with E-state index in [0.29, 0.717) is 19.0 Å². The molecule has 0 N–H and O–H groups in total. The predicted octanol–water partition coefficient (Wildman–Crippen LogP) is 4.32. The van der Waals surface area contributed by atoms with Crippen molar-refractivity contribution < 1.29 is 46.6 Å². The van der Waals surface area contributed by atoms with Gasteiger partial charge in [-0.1, -0.05) is 30.3 Å². The second-order valence-corrected chi connectivity index (χ2v) is 9.08. The maximum absolute atomic E-state index is 14.0. The standard InChI is InChI=1S/C27H25F3N2O8/c1-15-21(26(34)38-12-11-16-7-9-17(10-8-16)39-13-18-14-40-18)22(19-5-3-4-6-20(19)32(35)36)23(25(33)37-2)24(31-15)27(28,29)30/h3-10,18,22-23H,11-14H2,1-2H3. The van der Waals surface area contributed by atoms with Crippen LogP contribution in [0.3, 0.4) is 0 Å². The van der Waals surface area contributed by atoms with Gasteiger partial charge in [-0.25, -0.2) is 4.79 Å². The zero-order valence-corrected chi connectivity index (χ0v) is 21.5. The molecule has 2 aliphatic heterocycles. The van der Waals surface area contributed by atoms with Crippen LogP contribution in [0.1, 0.15) is 24.0 Å². The summed E-state index contributed by atoms with van der Waals surface area (Å²) < 4.78 is 62.8. The Morgan fingerprint density at radius 1 is 1.15 bits per heavy atom. The number of ether oxygens (including phenoxy) is 4. The zero-order valence-electron chi connectivity index (χ0n) is 21.5. The highest BCUT2D eigenvalue weighted by atomic mass is 19.4. The maximum atomic E-state index is 14.0. The molecule has 40 heavy (non-hydrogen) atoms. The fourth-order valence-corrected chi connectivity index (χ4v) is 4.45. The minimum Gasteiger partial charge on any atom is -0.491 e. The van der Waals surface area contributed by atoms with Crippen LogP contribution in [-0.2, 0) is 30.2 Å². The molecule has 2 aromatic rings. The number of aliphatic imine (C=N–C) groups is 1. The summed E-state index contributed by atoms with van der Waals surface area (Å²) in [6.45, 7) is 2.11. The van der Waals surface area contributed by atoms with Crippen LogP contribution >= 0.6 is 0 Å². The van der Waals surface area contributed by atoms with Gasteiger partial charge in [0.1, 0.15) is 30.1 Å². The van der Waals surface area contributed by atoms with Crippen molar-refractivity contribution in [1.29, 1.82) is 0 Å². The molecule has 2 aromatic carbocycles. The Balaban J connectivity index is 1.62. The summed E-state index contributed by atoms with van der Waals surface area (Å²) >= 11 is 0. The molecule has 0 aliphatic carbocycles. The van der Waals surface area contributed by atoms with Gasteiger partial charge in [-0.2, -0.15) is 13.2 Å². The maximum Gasteiger partial charge on any atom is 0.430 e. The van der Waals surface area contributed by atoms with Gasteiger partial charge >= 0.3 is 18.1 Å². The quantitative estimate of drug-likeness (QED) is 0.181. The van der Waals surface area contributed by atoms with Crippen LogP contribution < -0.4 is 4.74 Å². The lowest BCUT2D eigenvalue weighted by atomic mass is 9.74. The molecule has 13 heteroatoms. The Morgan fingerprint density at radius 2 is 1.82 bits per heavy atom. The number of nitro benzene ring substituents is 1. The summed E-state index contributed by atoms with van der Waals surface area (Å²) in [4.78, 5) is 40.5. The number of hydrogen-bond donors (Lipinski definition) is 0. The van der Waals surface area contributed by atoms with Crippen LogP contribution in [0.25, 0.3) is 0 Å². The lowest BCUT2D eigenvalue weighted by Crippen LogP contribution is -2.44. The molecular formula is C27H25F3N2O8. The van der Waals surface area contributed by atoms with Crippen LogP contribution in [0.2, 0.25) is 0 Å². The van der Waals surface area contributed by atoms with Crippen LogP contribution in [0.15, 0.2) is 64.8 Å². The van der Waals surface area contributed by atoms with E-state index in [-0.39, 0.29) is 30.4 Å². The number of esters is 2. The van der Waals surface area contributed by atoms with Gasteiger partial charge < -0.3 is 18.9 Å². The van der Waals surface area contributed by atoms with E-state index < -0.39 is 51.8 Å². The number of alkyl halides is 3. The first-order valence-corrected chi connectivity index (χ1v) is 12.2. The normalized spacial score (nSPS) is 20.4. The number of rotatable bonds is 10. The van der Waals surface area contributed by atoms with Crippen molar-refractivity contribution in [3.63, 3.8) is 0 Å². The Morgan fingerprint density at radius 3 is 2.42 bits per heavy atom. The second kappa shape index (κ2) is 11.9. The number of methoxy groups -OCH3 is 1. The molecular weight excluding hydrogens is 537 g/mol. The highest BCUT2D eigenvalue weighted by Gasteiger charge is 2.53. The molecule has 0 radical (unpaired) electrons. The minimum absolute atomic E-state index is 0.105. The average Bonchev–Trinajstić information content (AvgIpc) is 3.75. The molecule has 212 valence electrons. The SMILES string of the molecule is COC(=O)C1C(C(F)(F)F)=NC(C)=C(C(=O)OCCc2ccc(OCC3CO3)cc2)C1c1ccccc1[N+](=O)[O-]. The van der Waals surface area contributed by atoms with E-state index in [4.69, 9.17) is 14.2 Å². The van der Waals surface area contributed by atoms with Gasteiger partial charge in [0.05, 0.1) is 30.8 Å². The van der Waals surface area contributed by atoms with Gasteiger partial charge in [-0.05, 0) is 24.6 Å². The Hall–Kier alpha value is -4.26. The van der Waals surface area contributed by atoms with Crippen molar-refractivity contribution in [2.75, 3.05) is 26.9 Å². The summed E-state index contributed by atoms with van der Waals surface area (Å²) in [5.74, 6) is -5.68. The number of allylic oxidation sites excluding steroid dienone is 1. The molecule has 3 atom stereocenters. The van der Waals surface area contributed by atoms with Crippen LogP contribution in [0.4, 0.5) is 18.9 Å². The van der Waals surface area contributed by atoms with Crippen molar-refractivity contribution in [3.05, 3.63) is 81.0 Å². The summed E-state index contributed by atoms with van der Waals surface area (Å²) in [6, 6.07) is 12.0. The number of halogens is 3. The third-order valence-corrected chi connectivity index (χ3v) is 6.44. The number of carbonyl (C=O) groups excluding carboxylic acids is 2. The molecule has 0 bridgehead atoms. The highest BCUT2D eigenvalue weighted by molar-refractivity contribution is 6.10. The zero-order chi connectivity index (χ0) is 29.0. The van der Waals surface area contributed by atoms with E-state index in [1.807, 2.05) is 0 Å². The minimum atomic E-state index is -5.08. The number of nitro groups is 1. The molecule has 2 heterocycles. The molecule has 0 saturated carbocycles. The smallest absolute Gasteiger partial charge is 0.430 e. The number of hydrogen-bond acceptors (Lipinski definition) is 9. The average molecular weight is 562 g/mol. The first kappa shape index (κ1) is 28.7. The van der Waals surface area contributed by atoms with Crippen molar-refractivity contribution in [3.8, 4) is 5.75 Å². The Bertz CT molecular complexity index is 1350. The lowest BCUT2D eigenvalue weighted by molar-refractivity contribution is -0.385. The topological polar surface area (TPSA) is 130 Å². The molecule has 2 aliphatic rings. The van der Waals surface area contributed by atoms with Gasteiger partial charge in [0.25, 0.3) is 5.69 Å². The lowest BCUT2D eigenvalue weighted by Gasteiger charge is -2.32. The van der Waals surface area contributed by atoms with Gasteiger partial charge in [0.15, 0.2) is 0 Å². The first-order chi connectivity index (χ1) is 19.0. The van der Waals surface area contributed by atoms with Gasteiger partial charge in [-0.15, -0.1) is 0 Å². The second-order valence-electron chi connectivity index (χ2n) is 9.08. The van der Waals surface area contributed by atoms with E-state index in [1.54, 1.807) is 24.3 Å². The van der Waals surface area contributed by atoms with Gasteiger partial charge in [-0.3, -0.25) is 19.9 Å². The van der Waals surface area contributed by atoms with Crippen molar-refractivity contribution in [2.45, 2.75) is 31.5 Å². The summed E-state index contributed by atoms with van der Waals surface area (Å²) in [5, 5.41) is 11.8. The first-order valence-electron chi connectivity index (χ1n) is 12.2. The van der Waals surface area contributed by atoms with Crippen LogP contribution in [-0.4, -0.2) is 61.8 Å². The fourth-order valence-electron chi connectivity index (χ4n) is 4.45. The van der Waals surface area contributed by atoms with E-state index in [2.05, 4.69) is 9.73 Å². The molecule has 3 unspecified atom stereocenters. The third-order valence-electron chi connectivity index (χ3n) is 6.44. The molecule has 0 spiro atoms. The molecule has 0 amide bonds. The molecule has 1 fully saturated rings. The predicted molar refractivity (Wildman–Crippen MR) is 134 cm³/mol. The molecule has 0 aromatic heterocycles. The molecule has 10 nitrogen and oxygen atoms in total. The summed E-state index contributed by atoms with van der Waals surface area (Å²) in [6.07, 6.45) is -4.72. The van der Waals surface area contributed by atoms with Gasteiger partial charge in [0, 0.05) is 29.7 Å². The highest BCUT2D eigenvalue weighted by Crippen LogP contribution is 2.46. The van der Waals surface area contributed by atoms with E-state index in [0.717, 1.165) is 25.7 Å². The summed E-state index contributed by atoms with van der Waals surface area (Å²) in [7, 11) is 0.881. The molecule has 1 saturated heterocycles. The van der Waals surface area contributed by atoms with Crippen molar-refractivity contribution in [2.24, 2.45) is 10.9 Å². The van der Waals surface area contributed by atoms with E-state index in [9.17, 15) is 32.9 Å². The third kappa shape index (κ3) is 6.47. The monoisotopic (exact) mass is 562 g/mol. The van der Waals surface area contributed by atoms with E-state index >= 15 is 0 Å². The fraction of sp³-hybridized carbons (Fsp3) is 0.370. The molecule has 4 rings (SSSR count). The number of para-hydroxylation sites is 1. The Labute approximate surface area is 226 Å². The number of carbonyl (C=O) groups is 2. The van der Waals surface area contributed by atoms with Crippen molar-refractivity contribution in [1.82, 2.24) is 0 Å². The Kier molecular flexibility index (Phi) is 8.52. The van der Waals surface area contributed by atoms with Crippen LogP contribution in [0.5, 0.6) is 5.75 Å². The van der Waals surface area contributed by atoms with Gasteiger partial charge in [0.2, 0.25) is 0 Å². The van der Waals surface area contributed by atoms with Crippen molar-refractivity contribution >= 4 is 23.3 Å². The largest absolute Gasteiger partial charge is 0.491 e. The number of nitrogens with zero attached hydrogens (tertiary/aromatic N) is 2. The van der Waals surface area contributed by atoms with Crippen LogP contribution in [0, 0.1) is 16.0 Å². The number of benzene rings is 2. The summed E-state index contributed by atoms with van der Waals surface area (Å²) in [5.41, 5.74) is -2.36. The number of epoxide rings is 1.